The molecule has 0 unspecified atom stereocenters. The van der Waals surface area contributed by atoms with E-state index in [0.717, 1.165) is 16.5 Å². The normalized spacial score (nSPS) is 10.5. The number of anilines is 1. The number of ether oxygens (including phenoxy) is 2. The number of methoxy groups -OCH3 is 1. The number of nitrogens with zero attached hydrogens (tertiary/aromatic N) is 1. The molecule has 6 nitrogen and oxygen atoms in total. The van der Waals surface area contributed by atoms with Crippen molar-refractivity contribution in [3.8, 4) is 5.75 Å². The van der Waals surface area contributed by atoms with E-state index in [0.29, 0.717) is 30.2 Å². The van der Waals surface area contributed by atoms with Gasteiger partial charge in [0.15, 0.2) is 6.20 Å². The van der Waals surface area contributed by atoms with E-state index in [4.69, 9.17) is 9.47 Å². The van der Waals surface area contributed by atoms with Crippen molar-refractivity contribution in [2.45, 2.75) is 13.5 Å². The van der Waals surface area contributed by atoms with Gasteiger partial charge in [0.25, 0.3) is 0 Å². The Morgan fingerprint density at radius 1 is 1.32 bits per heavy atom. The van der Waals surface area contributed by atoms with E-state index in [1.807, 2.05) is 30.3 Å². The molecular formula is C19H20N3O3+. The summed E-state index contributed by atoms with van der Waals surface area (Å²) < 4.78 is 10.5. The molecule has 3 rings (SSSR count). The van der Waals surface area contributed by atoms with Gasteiger partial charge in [-0.2, -0.15) is 0 Å². The SMILES string of the molecule is CCOC(=O)c1c[nH+]c2ccc(OC)cc2c1NCc1cccnc1. The molecule has 0 aliphatic rings. The van der Waals surface area contributed by atoms with Gasteiger partial charge >= 0.3 is 5.97 Å². The van der Waals surface area contributed by atoms with Gasteiger partial charge in [0.2, 0.25) is 5.52 Å². The molecule has 0 saturated heterocycles. The summed E-state index contributed by atoms with van der Waals surface area (Å²) in [6.07, 6.45) is 5.18. The molecule has 0 aliphatic carbocycles. The highest BCUT2D eigenvalue weighted by Gasteiger charge is 2.20. The molecule has 128 valence electrons. The zero-order valence-corrected chi connectivity index (χ0v) is 14.2. The number of pyridine rings is 2. The molecule has 0 fully saturated rings. The Morgan fingerprint density at radius 2 is 2.20 bits per heavy atom. The summed E-state index contributed by atoms with van der Waals surface area (Å²) in [5.74, 6) is 0.337. The number of H-pyrrole nitrogens is 1. The van der Waals surface area contributed by atoms with E-state index in [1.165, 1.54) is 0 Å². The number of rotatable bonds is 6. The maximum atomic E-state index is 12.3. The van der Waals surface area contributed by atoms with Gasteiger partial charge < -0.3 is 14.8 Å². The predicted molar refractivity (Wildman–Crippen MR) is 94.6 cm³/mol. The molecule has 0 atom stereocenters. The maximum absolute atomic E-state index is 12.3. The summed E-state index contributed by atoms with van der Waals surface area (Å²) >= 11 is 0. The average molecular weight is 338 g/mol. The monoisotopic (exact) mass is 338 g/mol. The van der Waals surface area contributed by atoms with Crippen LogP contribution >= 0.6 is 0 Å². The lowest BCUT2D eigenvalue weighted by Gasteiger charge is -2.12. The molecule has 6 heteroatoms. The van der Waals surface area contributed by atoms with E-state index in [-0.39, 0.29) is 5.97 Å². The first-order valence-electron chi connectivity index (χ1n) is 8.05. The quantitative estimate of drug-likeness (QED) is 0.700. The lowest BCUT2D eigenvalue weighted by Crippen LogP contribution is -2.16. The number of carbonyl (C=O) groups excluding carboxylic acids is 1. The summed E-state index contributed by atoms with van der Waals surface area (Å²) in [5.41, 5.74) is 3.06. The molecule has 0 bridgehead atoms. The Kier molecular flexibility index (Phi) is 5.09. The van der Waals surface area contributed by atoms with Gasteiger partial charge in [0.1, 0.15) is 11.3 Å². The first-order valence-corrected chi connectivity index (χ1v) is 8.05. The van der Waals surface area contributed by atoms with Crippen LogP contribution < -0.4 is 15.0 Å². The minimum Gasteiger partial charge on any atom is -0.497 e. The first-order chi connectivity index (χ1) is 12.2. The van der Waals surface area contributed by atoms with Gasteiger partial charge in [-0.05, 0) is 30.7 Å². The van der Waals surface area contributed by atoms with Crippen molar-refractivity contribution < 1.29 is 19.3 Å². The number of aromatic amines is 1. The molecule has 0 aliphatic heterocycles. The summed E-state index contributed by atoms with van der Waals surface area (Å²) in [5, 5.41) is 4.20. The Morgan fingerprint density at radius 3 is 2.92 bits per heavy atom. The van der Waals surface area contributed by atoms with E-state index < -0.39 is 0 Å². The third-order valence-corrected chi connectivity index (χ3v) is 3.82. The number of benzene rings is 1. The highest BCUT2D eigenvalue weighted by Crippen LogP contribution is 2.28. The van der Waals surface area contributed by atoms with Crippen LogP contribution in [0.25, 0.3) is 10.9 Å². The number of nitrogens with one attached hydrogen (secondary N) is 2. The second kappa shape index (κ2) is 7.61. The number of hydrogen-bond acceptors (Lipinski definition) is 5. The van der Waals surface area contributed by atoms with Crippen LogP contribution in [-0.2, 0) is 11.3 Å². The Bertz CT molecular complexity index is 882. The van der Waals surface area contributed by atoms with Crippen LogP contribution in [0, 0.1) is 0 Å². The largest absolute Gasteiger partial charge is 0.497 e. The molecule has 2 heterocycles. The van der Waals surface area contributed by atoms with Crippen LogP contribution in [0.2, 0.25) is 0 Å². The number of fused-ring (bicyclic) bond motifs is 1. The van der Waals surface area contributed by atoms with Crippen LogP contribution in [0.3, 0.4) is 0 Å². The fourth-order valence-electron chi connectivity index (χ4n) is 2.60. The number of carbonyl (C=O) groups is 1. The fourth-order valence-corrected chi connectivity index (χ4v) is 2.60. The highest BCUT2D eigenvalue weighted by atomic mass is 16.5. The molecule has 1 aromatic carbocycles. The van der Waals surface area contributed by atoms with Crippen molar-refractivity contribution in [3.05, 3.63) is 60.0 Å². The highest BCUT2D eigenvalue weighted by molar-refractivity contribution is 6.04. The van der Waals surface area contributed by atoms with E-state index >= 15 is 0 Å². The fraction of sp³-hybridized carbons (Fsp3) is 0.211. The summed E-state index contributed by atoms with van der Waals surface area (Å²) in [7, 11) is 1.61. The Hall–Kier alpha value is -3.15. The zero-order chi connectivity index (χ0) is 17.6. The Labute approximate surface area is 145 Å². The molecule has 0 amide bonds. The van der Waals surface area contributed by atoms with Gasteiger partial charge in [-0.15, -0.1) is 0 Å². The molecule has 0 spiro atoms. The molecule has 25 heavy (non-hydrogen) atoms. The van der Waals surface area contributed by atoms with Crippen molar-refractivity contribution in [2.75, 3.05) is 19.0 Å². The first kappa shape index (κ1) is 16.7. The van der Waals surface area contributed by atoms with Crippen molar-refractivity contribution in [1.29, 1.82) is 0 Å². The lowest BCUT2D eigenvalue weighted by atomic mass is 10.1. The van der Waals surface area contributed by atoms with Gasteiger partial charge in [-0.25, -0.2) is 9.78 Å². The summed E-state index contributed by atoms with van der Waals surface area (Å²) in [6.45, 7) is 2.64. The van der Waals surface area contributed by atoms with Crippen molar-refractivity contribution in [2.24, 2.45) is 0 Å². The smallest absolute Gasteiger partial charge is 0.346 e. The van der Waals surface area contributed by atoms with E-state index in [9.17, 15) is 4.79 Å². The average Bonchev–Trinajstić information content (AvgIpc) is 2.66. The second-order valence-electron chi connectivity index (χ2n) is 5.42. The molecule has 2 N–H and O–H groups in total. The van der Waals surface area contributed by atoms with Crippen molar-refractivity contribution in [3.63, 3.8) is 0 Å². The third-order valence-electron chi connectivity index (χ3n) is 3.82. The molecular weight excluding hydrogens is 318 g/mol. The third kappa shape index (κ3) is 3.68. The van der Waals surface area contributed by atoms with Gasteiger partial charge in [-0.3, -0.25) is 4.98 Å². The van der Waals surface area contributed by atoms with Gasteiger partial charge in [0, 0.05) is 25.0 Å². The number of aromatic nitrogens is 2. The second-order valence-corrected chi connectivity index (χ2v) is 5.42. The molecule has 0 saturated carbocycles. The van der Waals surface area contributed by atoms with Crippen LogP contribution in [0.1, 0.15) is 22.8 Å². The van der Waals surface area contributed by atoms with Gasteiger partial charge in [-0.1, -0.05) is 6.07 Å². The van der Waals surface area contributed by atoms with E-state index in [1.54, 1.807) is 32.6 Å². The minimum atomic E-state index is -0.378. The number of hydrogen-bond donors (Lipinski definition) is 1. The predicted octanol–water partition coefficient (Wildman–Crippen LogP) is 2.85. The zero-order valence-electron chi connectivity index (χ0n) is 14.2. The topological polar surface area (TPSA) is 74.6 Å². The maximum Gasteiger partial charge on any atom is 0.346 e. The molecule has 0 radical (unpaired) electrons. The summed E-state index contributed by atoms with van der Waals surface area (Å²) in [4.78, 5) is 19.6. The van der Waals surface area contributed by atoms with Crippen LogP contribution in [0.5, 0.6) is 5.75 Å². The number of esters is 1. The molecule has 2 aromatic heterocycles. The van der Waals surface area contributed by atoms with Gasteiger partial charge in [0.05, 0.1) is 24.8 Å². The Balaban J connectivity index is 2.05. The minimum absolute atomic E-state index is 0.316. The van der Waals surface area contributed by atoms with Crippen molar-refractivity contribution >= 4 is 22.6 Å². The standard InChI is InChI=1S/C19H19N3O3/c1-3-25-19(23)16-12-21-17-7-6-14(24-2)9-15(17)18(16)22-11-13-5-4-8-20-10-13/h4-10,12H,3,11H2,1-2H3,(H,21,22)/p+1. The van der Waals surface area contributed by atoms with Crippen LogP contribution in [-0.4, -0.2) is 24.7 Å². The summed E-state index contributed by atoms with van der Waals surface area (Å²) in [6, 6.07) is 9.53. The van der Waals surface area contributed by atoms with E-state index in [2.05, 4.69) is 15.3 Å². The lowest BCUT2D eigenvalue weighted by molar-refractivity contribution is -0.344. The van der Waals surface area contributed by atoms with Crippen LogP contribution in [0.15, 0.2) is 48.9 Å². The van der Waals surface area contributed by atoms with Crippen LogP contribution in [0.4, 0.5) is 5.69 Å². The van der Waals surface area contributed by atoms with Crippen molar-refractivity contribution in [1.82, 2.24) is 4.98 Å². The molecule has 3 aromatic rings.